The Hall–Kier alpha value is -4.96. The Labute approximate surface area is 245 Å². The minimum atomic E-state index is -0.534. The van der Waals surface area contributed by atoms with E-state index in [1.54, 1.807) is 29.2 Å². The fraction of sp³-hybridized carbons (Fsp3) is 0.156. The lowest BCUT2D eigenvalue weighted by Crippen LogP contribution is -2.44. The van der Waals surface area contributed by atoms with Crippen molar-refractivity contribution in [3.8, 4) is 5.75 Å². The maximum absolute atomic E-state index is 13.4. The highest BCUT2D eigenvalue weighted by Gasteiger charge is 2.37. The van der Waals surface area contributed by atoms with Crippen LogP contribution >= 0.6 is 11.8 Å². The van der Waals surface area contributed by atoms with Crippen LogP contribution in [0.5, 0.6) is 5.75 Å². The second-order valence-corrected chi connectivity index (χ2v) is 11.0. The van der Waals surface area contributed by atoms with E-state index >= 15 is 0 Å². The monoisotopic (exact) mass is 579 g/mol. The maximum Gasteiger partial charge on any atom is 0.294 e. The average molecular weight is 580 g/mol. The normalized spacial score (nSPS) is 15.8. The Morgan fingerprint density at radius 2 is 1.76 bits per heavy atom. The van der Waals surface area contributed by atoms with Gasteiger partial charge < -0.3 is 9.64 Å². The number of carbonyl (C=O) groups excluding carboxylic acids is 3. The van der Waals surface area contributed by atoms with Gasteiger partial charge in [0.1, 0.15) is 18.9 Å². The first kappa shape index (κ1) is 27.2. The molecule has 210 valence electrons. The number of non-ortho nitro benzene ring substituents is 1. The summed E-state index contributed by atoms with van der Waals surface area (Å²) in [6, 6.07) is 25.4. The third-order valence-electron chi connectivity index (χ3n) is 7.37. The van der Waals surface area contributed by atoms with Crippen molar-refractivity contribution in [2.24, 2.45) is 0 Å². The number of fused-ring (bicyclic) bond motifs is 2. The third kappa shape index (κ3) is 5.48. The van der Waals surface area contributed by atoms with E-state index in [2.05, 4.69) is 0 Å². The molecule has 2 aliphatic rings. The lowest BCUT2D eigenvalue weighted by Gasteiger charge is -2.29. The number of rotatable bonds is 7. The van der Waals surface area contributed by atoms with Gasteiger partial charge in [-0.3, -0.25) is 29.4 Å². The Morgan fingerprint density at radius 3 is 2.60 bits per heavy atom. The van der Waals surface area contributed by atoms with Gasteiger partial charge in [0, 0.05) is 30.8 Å². The van der Waals surface area contributed by atoms with E-state index in [-0.39, 0.29) is 29.7 Å². The molecule has 0 aliphatic carbocycles. The summed E-state index contributed by atoms with van der Waals surface area (Å²) in [6.45, 7) is 0.719. The predicted molar refractivity (Wildman–Crippen MR) is 160 cm³/mol. The second kappa shape index (κ2) is 11.5. The van der Waals surface area contributed by atoms with Crippen molar-refractivity contribution in [1.82, 2.24) is 9.80 Å². The molecule has 0 bridgehead atoms. The number of hydrogen-bond donors (Lipinski definition) is 0. The summed E-state index contributed by atoms with van der Waals surface area (Å²) in [5.41, 5.74) is 3.45. The first-order chi connectivity index (χ1) is 20.4. The highest BCUT2D eigenvalue weighted by molar-refractivity contribution is 8.18. The van der Waals surface area contributed by atoms with Gasteiger partial charge in [0.25, 0.3) is 16.8 Å². The minimum Gasteiger partial charge on any atom is -0.488 e. The molecule has 1 fully saturated rings. The van der Waals surface area contributed by atoms with Crippen molar-refractivity contribution >= 4 is 51.4 Å². The zero-order valence-corrected chi connectivity index (χ0v) is 23.2. The molecule has 0 atom stereocenters. The molecule has 3 amide bonds. The summed E-state index contributed by atoms with van der Waals surface area (Å²) in [6.07, 6.45) is 2.35. The van der Waals surface area contributed by atoms with Crippen molar-refractivity contribution in [3.05, 3.63) is 122 Å². The quantitative estimate of drug-likeness (QED) is 0.151. The molecular weight excluding hydrogens is 554 g/mol. The molecule has 42 heavy (non-hydrogen) atoms. The Bertz CT molecular complexity index is 1790. The van der Waals surface area contributed by atoms with Gasteiger partial charge in [0.2, 0.25) is 5.91 Å². The average Bonchev–Trinajstić information content (AvgIpc) is 3.27. The standard InChI is InChI=1S/C32H25N3O6S/c36-30(33-15-14-22-7-1-2-9-24(22)18-33)19-34-31(37)29(42-32(34)38)17-27-26-11-4-3-8-23(26)12-13-28(27)41-20-21-6-5-10-25(16-21)35(39)40/h1-13,16-17H,14-15,18-20H2/b29-17-. The fourth-order valence-electron chi connectivity index (χ4n) is 5.18. The van der Waals surface area contributed by atoms with Gasteiger partial charge in [0.05, 0.1) is 9.83 Å². The van der Waals surface area contributed by atoms with Crippen molar-refractivity contribution in [3.63, 3.8) is 0 Å². The molecule has 0 saturated carbocycles. The molecule has 0 aromatic heterocycles. The smallest absolute Gasteiger partial charge is 0.294 e. The van der Waals surface area contributed by atoms with E-state index in [0.29, 0.717) is 30.0 Å². The summed E-state index contributed by atoms with van der Waals surface area (Å²) in [7, 11) is 0. The number of nitro groups is 1. The van der Waals surface area contributed by atoms with E-state index < -0.39 is 16.1 Å². The van der Waals surface area contributed by atoms with Crippen LogP contribution < -0.4 is 4.74 Å². The molecule has 0 unspecified atom stereocenters. The number of nitro benzene ring substituents is 1. The summed E-state index contributed by atoms with van der Waals surface area (Å²) < 4.78 is 6.09. The SMILES string of the molecule is O=C(CN1C(=O)S/C(=C\c2c(OCc3cccc([N+](=O)[O-])c3)ccc3ccccc23)C1=O)N1CCc2ccccc2C1. The van der Waals surface area contributed by atoms with Gasteiger partial charge in [-0.05, 0) is 57.8 Å². The van der Waals surface area contributed by atoms with Gasteiger partial charge in [-0.2, -0.15) is 0 Å². The van der Waals surface area contributed by atoms with Crippen LogP contribution in [0.15, 0.2) is 89.8 Å². The van der Waals surface area contributed by atoms with Crippen LogP contribution in [0.1, 0.15) is 22.3 Å². The molecule has 6 rings (SSSR count). The van der Waals surface area contributed by atoms with Crippen molar-refractivity contribution in [2.45, 2.75) is 19.6 Å². The third-order valence-corrected chi connectivity index (χ3v) is 8.28. The van der Waals surface area contributed by atoms with E-state index in [4.69, 9.17) is 4.74 Å². The van der Waals surface area contributed by atoms with E-state index in [9.17, 15) is 24.5 Å². The second-order valence-electron chi connectivity index (χ2n) is 10.0. The van der Waals surface area contributed by atoms with Gasteiger partial charge in [-0.25, -0.2) is 0 Å². The summed E-state index contributed by atoms with van der Waals surface area (Å²) in [5.74, 6) is -0.359. The number of imide groups is 1. The molecule has 2 aliphatic heterocycles. The predicted octanol–water partition coefficient (Wildman–Crippen LogP) is 5.95. The lowest BCUT2D eigenvalue weighted by molar-refractivity contribution is -0.384. The molecule has 0 spiro atoms. The number of ether oxygens (including phenoxy) is 1. The van der Waals surface area contributed by atoms with Crippen LogP contribution in [-0.2, 0) is 29.2 Å². The van der Waals surface area contributed by atoms with Gasteiger partial charge in [-0.1, -0.05) is 66.7 Å². The zero-order valence-electron chi connectivity index (χ0n) is 22.4. The highest BCUT2D eigenvalue weighted by atomic mass is 32.2. The van der Waals surface area contributed by atoms with Gasteiger partial charge in [-0.15, -0.1) is 0 Å². The summed E-state index contributed by atoms with van der Waals surface area (Å²) in [4.78, 5) is 53.0. The first-order valence-electron chi connectivity index (χ1n) is 13.3. The maximum atomic E-state index is 13.4. The highest BCUT2D eigenvalue weighted by Crippen LogP contribution is 2.37. The van der Waals surface area contributed by atoms with Crippen LogP contribution in [0.25, 0.3) is 16.8 Å². The molecule has 9 nitrogen and oxygen atoms in total. The molecule has 1 saturated heterocycles. The van der Waals surface area contributed by atoms with Gasteiger partial charge in [0.15, 0.2) is 0 Å². The molecule has 4 aromatic carbocycles. The number of thioether (sulfide) groups is 1. The summed E-state index contributed by atoms with van der Waals surface area (Å²) in [5, 5.41) is 12.4. The molecule has 4 aromatic rings. The number of amides is 3. The Balaban J connectivity index is 1.24. The molecule has 0 radical (unpaired) electrons. The fourth-order valence-corrected chi connectivity index (χ4v) is 6.00. The van der Waals surface area contributed by atoms with Crippen LogP contribution in [0, 0.1) is 10.1 Å². The first-order valence-corrected chi connectivity index (χ1v) is 14.2. The van der Waals surface area contributed by atoms with Crippen molar-refractivity contribution < 1.29 is 24.0 Å². The number of hydrogen-bond acceptors (Lipinski definition) is 7. The molecule has 2 heterocycles. The van der Waals surface area contributed by atoms with E-state index in [0.717, 1.165) is 39.4 Å². The van der Waals surface area contributed by atoms with Crippen molar-refractivity contribution in [2.75, 3.05) is 13.1 Å². The number of benzene rings is 4. The molecular formula is C32H25N3O6S. The minimum absolute atomic E-state index is 0.0354. The van der Waals surface area contributed by atoms with Crippen LogP contribution in [-0.4, -0.2) is 44.9 Å². The zero-order chi connectivity index (χ0) is 29.2. The number of carbonyl (C=O) groups is 3. The van der Waals surface area contributed by atoms with Crippen molar-refractivity contribution in [1.29, 1.82) is 0 Å². The van der Waals surface area contributed by atoms with Crippen LogP contribution in [0.4, 0.5) is 10.5 Å². The summed E-state index contributed by atoms with van der Waals surface area (Å²) >= 11 is 0.788. The number of nitrogens with zero attached hydrogens (tertiary/aromatic N) is 3. The molecule has 0 N–H and O–H groups in total. The van der Waals surface area contributed by atoms with E-state index in [1.807, 2.05) is 54.6 Å². The Kier molecular flexibility index (Phi) is 7.45. The van der Waals surface area contributed by atoms with Crippen LogP contribution in [0.2, 0.25) is 0 Å². The molecule has 10 heteroatoms. The van der Waals surface area contributed by atoms with E-state index in [1.165, 1.54) is 17.7 Å². The topological polar surface area (TPSA) is 110 Å². The van der Waals surface area contributed by atoms with Gasteiger partial charge >= 0.3 is 0 Å². The largest absolute Gasteiger partial charge is 0.488 e. The van der Waals surface area contributed by atoms with Crippen LogP contribution in [0.3, 0.4) is 0 Å². The Morgan fingerprint density at radius 1 is 0.976 bits per heavy atom. The lowest BCUT2D eigenvalue weighted by atomic mass is 10.00.